The Bertz CT molecular complexity index is 305. The summed E-state index contributed by atoms with van der Waals surface area (Å²) in [5, 5.41) is 13.6. The summed E-state index contributed by atoms with van der Waals surface area (Å²) < 4.78 is 2.00. The first kappa shape index (κ1) is 10.6. The summed E-state index contributed by atoms with van der Waals surface area (Å²) in [7, 11) is 0. The molecule has 2 atom stereocenters. The van der Waals surface area contributed by atoms with Crippen LogP contribution in [0.15, 0.2) is 12.4 Å². The lowest BCUT2D eigenvalue weighted by Crippen LogP contribution is -2.39. The molecule has 1 aromatic heterocycles. The first-order valence-corrected chi connectivity index (χ1v) is 5.75. The number of nitrogens with zero attached hydrogens (tertiary/aromatic N) is 2. The normalized spacial score (nSPS) is 24.0. The topological polar surface area (TPSA) is 50.1 Å². The molecule has 0 radical (unpaired) electrons. The maximum absolute atomic E-state index is 10.2. The molecular weight excluding hydrogens is 190 g/mol. The SMILES string of the molecule is CCn1ccnc1C(O)C1CCCCN1. The second-order valence-electron chi connectivity index (χ2n) is 4.07. The quantitative estimate of drug-likeness (QED) is 0.783. The monoisotopic (exact) mass is 209 g/mol. The van der Waals surface area contributed by atoms with Gasteiger partial charge < -0.3 is 15.0 Å². The first-order valence-electron chi connectivity index (χ1n) is 5.75. The second kappa shape index (κ2) is 4.77. The number of nitrogens with one attached hydrogen (secondary N) is 1. The van der Waals surface area contributed by atoms with Crippen molar-refractivity contribution in [2.45, 2.75) is 44.9 Å². The minimum atomic E-state index is -0.472. The molecular formula is C11H19N3O. The fourth-order valence-electron chi connectivity index (χ4n) is 2.18. The third-order valence-corrected chi connectivity index (χ3v) is 3.08. The Labute approximate surface area is 90.3 Å². The van der Waals surface area contributed by atoms with Gasteiger partial charge in [-0.05, 0) is 26.3 Å². The van der Waals surface area contributed by atoms with Gasteiger partial charge in [0.1, 0.15) is 11.9 Å². The van der Waals surface area contributed by atoms with Crippen LogP contribution in [0, 0.1) is 0 Å². The number of imidazole rings is 1. The standard InChI is InChI=1S/C11H19N3O/c1-2-14-8-7-13-11(14)10(15)9-5-3-4-6-12-9/h7-10,12,15H,2-6H2,1H3. The molecule has 2 N–H and O–H groups in total. The van der Waals surface area contributed by atoms with E-state index in [1.54, 1.807) is 6.20 Å². The fourth-order valence-corrected chi connectivity index (χ4v) is 2.18. The minimum Gasteiger partial charge on any atom is -0.384 e. The number of aliphatic hydroxyl groups excluding tert-OH is 1. The Morgan fingerprint density at radius 1 is 1.67 bits per heavy atom. The highest BCUT2D eigenvalue weighted by Gasteiger charge is 2.25. The molecule has 0 aromatic carbocycles. The van der Waals surface area contributed by atoms with Crippen molar-refractivity contribution >= 4 is 0 Å². The molecule has 15 heavy (non-hydrogen) atoms. The molecule has 1 saturated heterocycles. The number of hydrogen-bond acceptors (Lipinski definition) is 3. The zero-order chi connectivity index (χ0) is 10.7. The van der Waals surface area contributed by atoms with Gasteiger partial charge >= 0.3 is 0 Å². The van der Waals surface area contributed by atoms with Crippen LogP contribution in [0.4, 0.5) is 0 Å². The summed E-state index contributed by atoms with van der Waals surface area (Å²) in [5.74, 6) is 0.789. The molecule has 0 spiro atoms. The lowest BCUT2D eigenvalue weighted by molar-refractivity contribution is 0.102. The van der Waals surface area contributed by atoms with Gasteiger partial charge in [-0.1, -0.05) is 6.42 Å². The Morgan fingerprint density at radius 3 is 3.20 bits per heavy atom. The van der Waals surface area contributed by atoms with E-state index >= 15 is 0 Å². The lowest BCUT2D eigenvalue weighted by Gasteiger charge is -2.27. The van der Waals surface area contributed by atoms with E-state index in [-0.39, 0.29) is 6.04 Å². The molecule has 2 heterocycles. The van der Waals surface area contributed by atoms with Crippen LogP contribution in [0.5, 0.6) is 0 Å². The van der Waals surface area contributed by atoms with Crippen molar-refractivity contribution < 1.29 is 5.11 Å². The van der Waals surface area contributed by atoms with Crippen molar-refractivity contribution in [3.05, 3.63) is 18.2 Å². The molecule has 1 aliphatic rings. The Balaban J connectivity index is 2.08. The van der Waals surface area contributed by atoms with Gasteiger partial charge in [-0.15, -0.1) is 0 Å². The van der Waals surface area contributed by atoms with E-state index in [4.69, 9.17) is 0 Å². The molecule has 4 nitrogen and oxygen atoms in total. The maximum atomic E-state index is 10.2. The highest BCUT2D eigenvalue weighted by atomic mass is 16.3. The Kier molecular flexibility index (Phi) is 3.38. The van der Waals surface area contributed by atoms with Gasteiger partial charge in [-0.2, -0.15) is 0 Å². The summed E-state index contributed by atoms with van der Waals surface area (Å²) in [6.07, 6.45) is 6.65. The predicted molar refractivity (Wildman–Crippen MR) is 58.5 cm³/mol. The average Bonchev–Trinajstić information content (AvgIpc) is 2.77. The number of aryl methyl sites for hydroxylation is 1. The van der Waals surface area contributed by atoms with E-state index in [2.05, 4.69) is 17.2 Å². The van der Waals surface area contributed by atoms with Crippen molar-refractivity contribution in [2.24, 2.45) is 0 Å². The van der Waals surface area contributed by atoms with Crippen LogP contribution in [0.1, 0.15) is 38.1 Å². The number of aliphatic hydroxyl groups is 1. The minimum absolute atomic E-state index is 0.173. The van der Waals surface area contributed by atoms with E-state index < -0.39 is 6.10 Å². The highest BCUT2D eigenvalue weighted by Crippen LogP contribution is 2.21. The molecule has 2 unspecified atom stereocenters. The molecule has 1 aliphatic heterocycles. The van der Waals surface area contributed by atoms with Crippen LogP contribution in [0.3, 0.4) is 0 Å². The summed E-state index contributed by atoms with van der Waals surface area (Å²) >= 11 is 0. The van der Waals surface area contributed by atoms with Gasteiger partial charge in [-0.25, -0.2) is 4.98 Å². The molecule has 0 saturated carbocycles. The van der Waals surface area contributed by atoms with Crippen LogP contribution >= 0.6 is 0 Å². The van der Waals surface area contributed by atoms with E-state index in [1.807, 2.05) is 10.8 Å². The number of hydrogen-bond donors (Lipinski definition) is 2. The fraction of sp³-hybridized carbons (Fsp3) is 0.727. The van der Waals surface area contributed by atoms with E-state index in [0.29, 0.717) is 0 Å². The zero-order valence-corrected chi connectivity index (χ0v) is 9.19. The summed E-state index contributed by atoms with van der Waals surface area (Å²) in [5.41, 5.74) is 0. The summed E-state index contributed by atoms with van der Waals surface area (Å²) in [6.45, 7) is 3.93. The molecule has 0 amide bonds. The lowest BCUT2D eigenvalue weighted by atomic mass is 9.99. The molecule has 0 bridgehead atoms. The van der Waals surface area contributed by atoms with E-state index in [0.717, 1.165) is 25.3 Å². The van der Waals surface area contributed by atoms with E-state index in [1.165, 1.54) is 12.8 Å². The highest BCUT2D eigenvalue weighted by molar-refractivity contribution is 5.01. The van der Waals surface area contributed by atoms with E-state index in [9.17, 15) is 5.11 Å². The van der Waals surface area contributed by atoms with Crippen LogP contribution in [0.25, 0.3) is 0 Å². The zero-order valence-electron chi connectivity index (χ0n) is 9.19. The Hall–Kier alpha value is -0.870. The van der Waals surface area contributed by atoms with Crippen LogP contribution < -0.4 is 5.32 Å². The number of aromatic nitrogens is 2. The maximum Gasteiger partial charge on any atom is 0.139 e. The molecule has 2 rings (SSSR count). The van der Waals surface area contributed by atoms with Crippen molar-refractivity contribution in [1.82, 2.24) is 14.9 Å². The molecule has 1 aromatic rings. The van der Waals surface area contributed by atoms with Gasteiger partial charge in [0.15, 0.2) is 0 Å². The van der Waals surface area contributed by atoms with Gasteiger partial charge in [0.25, 0.3) is 0 Å². The smallest absolute Gasteiger partial charge is 0.139 e. The molecule has 1 fully saturated rings. The van der Waals surface area contributed by atoms with Gasteiger partial charge in [0, 0.05) is 25.0 Å². The molecule has 4 heteroatoms. The van der Waals surface area contributed by atoms with Crippen molar-refractivity contribution in [3.8, 4) is 0 Å². The number of piperidine rings is 1. The van der Waals surface area contributed by atoms with Crippen molar-refractivity contribution in [1.29, 1.82) is 0 Å². The predicted octanol–water partition coefficient (Wildman–Crippen LogP) is 1.08. The second-order valence-corrected chi connectivity index (χ2v) is 4.07. The van der Waals surface area contributed by atoms with Gasteiger partial charge in [0.05, 0.1) is 0 Å². The van der Waals surface area contributed by atoms with Crippen molar-refractivity contribution in [3.63, 3.8) is 0 Å². The summed E-state index contributed by atoms with van der Waals surface area (Å²) in [6, 6.07) is 0.173. The third-order valence-electron chi connectivity index (χ3n) is 3.08. The van der Waals surface area contributed by atoms with Gasteiger partial charge in [0.2, 0.25) is 0 Å². The first-order chi connectivity index (χ1) is 7.33. The Morgan fingerprint density at radius 2 is 2.53 bits per heavy atom. The number of rotatable bonds is 3. The third kappa shape index (κ3) is 2.21. The average molecular weight is 209 g/mol. The van der Waals surface area contributed by atoms with Crippen molar-refractivity contribution in [2.75, 3.05) is 6.54 Å². The van der Waals surface area contributed by atoms with Gasteiger partial charge in [-0.3, -0.25) is 0 Å². The van der Waals surface area contributed by atoms with Crippen LogP contribution in [0.2, 0.25) is 0 Å². The van der Waals surface area contributed by atoms with Crippen LogP contribution in [-0.2, 0) is 6.54 Å². The molecule has 84 valence electrons. The molecule has 0 aliphatic carbocycles. The largest absolute Gasteiger partial charge is 0.384 e. The summed E-state index contributed by atoms with van der Waals surface area (Å²) in [4.78, 5) is 4.24. The van der Waals surface area contributed by atoms with Crippen LogP contribution in [-0.4, -0.2) is 27.2 Å².